The number of aryl methyl sites for hydroxylation is 1. The molecule has 6 heteroatoms. The predicted molar refractivity (Wildman–Crippen MR) is 117 cm³/mol. The third-order valence-electron chi connectivity index (χ3n) is 5.57. The van der Waals surface area contributed by atoms with Crippen molar-refractivity contribution in [3.8, 4) is 0 Å². The molecule has 0 unspecified atom stereocenters. The molecule has 0 radical (unpaired) electrons. The van der Waals surface area contributed by atoms with Crippen LogP contribution in [0.15, 0.2) is 28.7 Å². The molecule has 1 aliphatic heterocycles. The summed E-state index contributed by atoms with van der Waals surface area (Å²) >= 11 is 5.02. The van der Waals surface area contributed by atoms with Crippen LogP contribution in [-0.4, -0.2) is 36.2 Å². The van der Waals surface area contributed by atoms with E-state index in [0.29, 0.717) is 17.7 Å². The lowest BCUT2D eigenvalue weighted by molar-refractivity contribution is -0.117. The number of carbonyl (C=O) groups excluding carboxylic acids is 2. The molecule has 0 atom stereocenters. The van der Waals surface area contributed by atoms with E-state index in [0.717, 1.165) is 66.7 Å². The third-order valence-corrected chi connectivity index (χ3v) is 7.31. The summed E-state index contributed by atoms with van der Waals surface area (Å²) in [5.74, 6) is 0.00512. The number of carbonyl (C=O) groups is 2. The SMILES string of the molecule is O=C(CN1CCCCC1)Nc1sc2c(c1C(=O)c1ccc(Br)cc1)CCCC2. The summed E-state index contributed by atoms with van der Waals surface area (Å²) in [5.41, 5.74) is 2.53. The monoisotopic (exact) mass is 460 g/mol. The lowest BCUT2D eigenvalue weighted by Gasteiger charge is -2.25. The van der Waals surface area contributed by atoms with Gasteiger partial charge in [-0.15, -0.1) is 11.3 Å². The lowest BCUT2D eigenvalue weighted by Crippen LogP contribution is -2.36. The Kier molecular flexibility index (Phi) is 6.28. The molecule has 0 bridgehead atoms. The summed E-state index contributed by atoms with van der Waals surface area (Å²) in [5, 5.41) is 3.82. The Bertz CT molecular complexity index is 869. The Morgan fingerprint density at radius 1 is 1.00 bits per heavy atom. The number of piperidine rings is 1. The number of anilines is 1. The van der Waals surface area contributed by atoms with Crippen LogP contribution in [-0.2, 0) is 17.6 Å². The van der Waals surface area contributed by atoms with E-state index in [9.17, 15) is 9.59 Å². The highest BCUT2D eigenvalue weighted by atomic mass is 79.9. The fourth-order valence-corrected chi connectivity index (χ4v) is 5.69. The van der Waals surface area contributed by atoms with Gasteiger partial charge in [0.25, 0.3) is 0 Å². The van der Waals surface area contributed by atoms with Gasteiger partial charge in [0.05, 0.1) is 12.1 Å². The van der Waals surface area contributed by atoms with Crippen LogP contribution >= 0.6 is 27.3 Å². The summed E-state index contributed by atoms with van der Waals surface area (Å²) in [4.78, 5) is 29.5. The van der Waals surface area contributed by atoms with Crippen molar-refractivity contribution < 1.29 is 9.59 Å². The first-order chi connectivity index (χ1) is 13.6. The smallest absolute Gasteiger partial charge is 0.239 e. The van der Waals surface area contributed by atoms with Crippen LogP contribution in [0.25, 0.3) is 0 Å². The van der Waals surface area contributed by atoms with Gasteiger partial charge in [-0.25, -0.2) is 0 Å². The Hall–Kier alpha value is -1.50. The van der Waals surface area contributed by atoms with Crippen LogP contribution in [0.4, 0.5) is 5.00 Å². The zero-order valence-electron chi connectivity index (χ0n) is 15.9. The fraction of sp³-hybridized carbons (Fsp3) is 0.455. The number of thiophene rings is 1. The summed E-state index contributed by atoms with van der Waals surface area (Å²) in [6.45, 7) is 2.38. The Labute approximate surface area is 178 Å². The fourth-order valence-electron chi connectivity index (χ4n) is 4.13. The molecule has 4 rings (SSSR count). The van der Waals surface area contributed by atoms with Crippen LogP contribution in [0.1, 0.15) is 58.5 Å². The molecule has 1 aromatic heterocycles. The molecule has 1 amide bonds. The predicted octanol–water partition coefficient (Wildman–Crippen LogP) is 5.04. The molecule has 2 aliphatic rings. The van der Waals surface area contributed by atoms with Gasteiger partial charge in [0.2, 0.25) is 5.91 Å². The molecule has 4 nitrogen and oxygen atoms in total. The number of rotatable bonds is 5. The molecule has 1 fully saturated rings. The Morgan fingerprint density at radius 3 is 2.46 bits per heavy atom. The van der Waals surface area contributed by atoms with Gasteiger partial charge in [-0.2, -0.15) is 0 Å². The summed E-state index contributed by atoms with van der Waals surface area (Å²) < 4.78 is 0.950. The van der Waals surface area contributed by atoms with Gasteiger partial charge < -0.3 is 5.32 Å². The van der Waals surface area contributed by atoms with E-state index >= 15 is 0 Å². The number of halogens is 1. The van der Waals surface area contributed by atoms with Crippen LogP contribution in [0.5, 0.6) is 0 Å². The maximum atomic E-state index is 13.3. The molecule has 0 spiro atoms. The van der Waals surface area contributed by atoms with Crippen molar-refractivity contribution in [3.05, 3.63) is 50.3 Å². The minimum atomic E-state index is -0.00893. The lowest BCUT2D eigenvalue weighted by atomic mass is 9.92. The van der Waals surface area contributed by atoms with E-state index in [1.54, 1.807) is 11.3 Å². The van der Waals surface area contributed by atoms with E-state index < -0.39 is 0 Å². The second-order valence-corrected chi connectivity index (χ2v) is 9.66. The third kappa shape index (κ3) is 4.39. The Balaban J connectivity index is 1.59. The van der Waals surface area contributed by atoms with Gasteiger partial charge in [-0.05, 0) is 81.4 Å². The molecular formula is C22H25BrN2O2S. The number of nitrogens with one attached hydrogen (secondary N) is 1. The minimum Gasteiger partial charge on any atom is -0.316 e. The number of hydrogen-bond acceptors (Lipinski definition) is 4. The number of ketones is 1. The average Bonchev–Trinajstić information content (AvgIpc) is 3.06. The second kappa shape index (κ2) is 8.89. The van der Waals surface area contributed by atoms with Gasteiger partial charge in [0.1, 0.15) is 5.00 Å². The molecule has 148 valence electrons. The van der Waals surface area contributed by atoms with E-state index in [1.165, 1.54) is 11.3 Å². The topological polar surface area (TPSA) is 49.4 Å². The van der Waals surface area contributed by atoms with Crippen molar-refractivity contribution in [3.63, 3.8) is 0 Å². The highest BCUT2D eigenvalue weighted by molar-refractivity contribution is 9.10. The first-order valence-corrected chi connectivity index (χ1v) is 11.7. The van der Waals surface area contributed by atoms with Crippen molar-refractivity contribution in [2.75, 3.05) is 25.0 Å². The van der Waals surface area contributed by atoms with Crippen LogP contribution in [0, 0.1) is 0 Å². The normalized spacial score (nSPS) is 17.2. The van der Waals surface area contributed by atoms with Crippen LogP contribution < -0.4 is 5.32 Å². The van der Waals surface area contributed by atoms with E-state index in [1.807, 2.05) is 24.3 Å². The highest BCUT2D eigenvalue weighted by Gasteiger charge is 2.27. The van der Waals surface area contributed by atoms with E-state index in [-0.39, 0.29) is 11.7 Å². The largest absolute Gasteiger partial charge is 0.316 e. The zero-order chi connectivity index (χ0) is 19.5. The van der Waals surface area contributed by atoms with Crippen molar-refractivity contribution in [2.24, 2.45) is 0 Å². The molecular weight excluding hydrogens is 436 g/mol. The number of likely N-dealkylation sites (tertiary alicyclic amines) is 1. The minimum absolute atomic E-state index is 0.00893. The van der Waals surface area contributed by atoms with Gasteiger partial charge in [-0.1, -0.05) is 22.4 Å². The maximum absolute atomic E-state index is 13.3. The standard InChI is InChI=1S/C22H25BrN2O2S/c23-16-10-8-15(9-11-16)21(27)20-17-6-2-3-7-18(17)28-22(20)24-19(26)14-25-12-4-1-5-13-25/h8-11H,1-7,12-14H2,(H,24,26). The maximum Gasteiger partial charge on any atom is 0.239 e. The molecule has 1 aromatic carbocycles. The van der Waals surface area contributed by atoms with Gasteiger partial charge in [0.15, 0.2) is 5.78 Å². The number of nitrogens with zero attached hydrogens (tertiary/aromatic N) is 1. The van der Waals surface area contributed by atoms with Gasteiger partial charge in [0, 0.05) is 14.9 Å². The molecule has 1 N–H and O–H groups in total. The number of benzene rings is 1. The molecule has 2 aromatic rings. The average molecular weight is 461 g/mol. The number of amides is 1. The highest BCUT2D eigenvalue weighted by Crippen LogP contribution is 2.39. The molecule has 0 saturated carbocycles. The summed E-state index contributed by atoms with van der Waals surface area (Å²) in [6, 6.07) is 7.47. The first kappa shape index (κ1) is 19.8. The van der Waals surface area contributed by atoms with Crippen LogP contribution in [0.3, 0.4) is 0 Å². The molecule has 28 heavy (non-hydrogen) atoms. The second-order valence-electron chi connectivity index (χ2n) is 7.64. The Morgan fingerprint density at radius 2 is 1.71 bits per heavy atom. The molecule has 1 saturated heterocycles. The van der Waals surface area contributed by atoms with E-state index in [2.05, 4.69) is 26.1 Å². The number of fused-ring (bicyclic) bond motifs is 1. The number of hydrogen-bond donors (Lipinski definition) is 1. The van der Waals surface area contributed by atoms with Crippen molar-refractivity contribution >= 4 is 44.0 Å². The van der Waals surface area contributed by atoms with Gasteiger partial charge >= 0.3 is 0 Å². The van der Waals surface area contributed by atoms with E-state index in [4.69, 9.17) is 0 Å². The van der Waals surface area contributed by atoms with Crippen LogP contribution in [0.2, 0.25) is 0 Å². The van der Waals surface area contributed by atoms with Crippen molar-refractivity contribution in [2.45, 2.75) is 44.9 Å². The van der Waals surface area contributed by atoms with Crippen molar-refractivity contribution in [1.82, 2.24) is 4.90 Å². The van der Waals surface area contributed by atoms with Crippen molar-refractivity contribution in [1.29, 1.82) is 0 Å². The van der Waals surface area contributed by atoms with Gasteiger partial charge in [-0.3, -0.25) is 14.5 Å². The first-order valence-electron chi connectivity index (χ1n) is 10.1. The molecule has 1 aliphatic carbocycles. The quantitative estimate of drug-likeness (QED) is 0.635. The summed E-state index contributed by atoms with van der Waals surface area (Å²) in [6.07, 6.45) is 7.75. The zero-order valence-corrected chi connectivity index (χ0v) is 18.3. The molecule has 2 heterocycles. The summed E-state index contributed by atoms with van der Waals surface area (Å²) in [7, 11) is 0.